The third-order valence-electron chi connectivity index (χ3n) is 4.79. The van der Waals surface area contributed by atoms with Crippen LogP contribution in [0.25, 0.3) is 0 Å². The van der Waals surface area contributed by atoms with E-state index >= 15 is 0 Å². The molecule has 2 atom stereocenters. The maximum absolute atomic E-state index is 12.4. The van der Waals surface area contributed by atoms with Gasteiger partial charge in [-0.25, -0.2) is 4.79 Å². The van der Waals surface area contributed by atoms with E-state index in [0.29, 0.717) is 22.6 Å². The summed E-state index contributed by atoms with van der Waals surface area (Å²) in [5.74, 6) is 0.0846. The van der Waals surface area contributed by atoms with E-state index in [-0.39, 0.29) is 37.7 Å². The minimum absolute atomic E-state index is 0.0750. The summed E-state index contributed by atoms with van der Waals surface area (Å²) in [6, 6.07) is 10.7. The van der Waals surface area contributed by atoms with Crippen molar-refractivity contribution in [1.82, 2.24) is 5.32 Å². The number of fused-ring (bicyclic) bond motifs is 1. The third-order valence-corrected chi connectivity index (χ3v) is 4.79. The van der Waals surface area contributed by atoms with E-state index in [1.54, 1.807) is 13.0 Å². The molecule has 0 fully saturated rings. The number of esters is 1. The Labute approximate surface area is 169 Å². The van der Waals surface area contributed by atoms with Gasteiger partial charge in [0.05, 0.1) is 24.3 Å². The lowest BCUT2D eigenvalue weighted by atomic mass is 9.87. The fourth-order valence-electron chi connectivity index (χ4n) is 3.57. The minimum atomic E-state index is -0.487. The molecule has 7 heteroatoms. The second-order valence-electron chi connectivity index (χ2n) is 6.69. The monoisotopic (exact) mass is 399 g/mol. The second-order valence-corrected chi connectivity index (χ2v) is 6.69. The van der Waals surface area contributed by atoms with Gasteiger partial charge in [0.25, 0.3) is 5.91 Å². The molecule has 2 aromatic carbocycles. The third kappa shape index (κ3) is 4.19. The summed E-state index contributed by atoms with van der Waals surface area (Å²) in [5, 5.41) is 11.6. The standard InChI is InChI=1S/C22H25NO6/c1-4-27-22(26)15-11-17-19(14-6-5-7-16(10-14)28-9-8-24)13(2)29-20(17)18(12-15)21(25)23-3/h5-7,10-13,19,24H,4,8-9H2,1-3H3,(H,23,25)/t13-,19?/m1/s1. The van der Waals surface area contributed by atoms with Crippen molar-refractivity contribution in [2.45, 2.75) is 25.9 Å². The Hall–Kier alpha value is -3.06. The van der Waals surface area contributed by atoms with Crippen LogP contribution in [0.4, 0.5) is 0 Å². The van der Waals surface area contributed by atoms with Crippen LogP contribution in [0.2, 0.25) is 0 Å². The van der Waals surface area contributed by atoms with Gasteiger partial charge in [0.2, 0.25) is 0 Å². The molecule has 2 N–H and O–H groups in total. The number of nitrogens with one attached hydrogen (secondary N) is 1. The number of hydrogen-bond acceptors (Lipinski definition) is 6. The van der Waals surface area contributed by atoms with Crippen molar-refractivity contribution < 1.29 is 28.9 Å². The van der Waals surface area contributed by atoms with Gasteiger partial charge in [0.1, 0.15) is 24.2 Å². The average Bonchev–Trinajstić information content (AvgIpc) is 3.07. The molecule has 0 radical (unpaired) electrons. The molecule has 0 bridgehead atoms. The number of ether oxygens (including phenoxy) is 3. The Bertz CT molecular complexity index is 910. The topological polar surface area (TPSA) is 94.1 Å². The first-order valence-electron chi connectivity index (χ1n) is 9.57. The fourth-order valence-corrected chi connectivity index (χ4v) is 3.57. The normalized spacial score (nSPS) is 17.2. The highest BCUT2D eigenvalue weighted by atomic mass is 16.5. The maximum Gasteiger partial charge on any atom is 0.338 e. The largest absolute Gasteiger partial charge is 0.491 e. The van der Waals surface area contributed by atoms with Crippen LogP contribution < -0.4 is 14.8 Å². The molecule has 1 amide bonds. The molecule has 0 saturated carbocycles. The number of carbonyl (C=O) groups is 2. The van der Waals surface area contributed by atoms with Crippen LogP contribution in [0.3, 0.4) is 0 Å². The molecule has 1 unspecified atom stereocenters. The fraction of sp³-hybridized carbons (Fsp3) is 0.364. The molecule has 3 rings (SSSR count). The number of aliphatic hydroxyl groups excluding tert-OH is 1. The summed E-state index contributed by atoms with van der Waals surface area (Å²) in [5.41, 5.74) is 2.28. The SMILES string of the molecule is CCOC(=O)c1cc(C(=O)NC)c2c(c1)C(c1cccc(OCCO)c1)[C@@H](C)O2. The zero-order valence-corrected chi connectivity index (χ0v) is 16.7. The van der Waals surface area contributed by atoms with Crippen molar-refractivity contribution >= 4 is 11.9 Å². The summed E-state index contributed by atoms with van der Waals surface area (Å²) < 4.78 is 16.7. The Kier molecular flexibility index (Phi) is 6.39. The summed E-state index contributed by atoms with van der Waals surface area (Å²) in [7, 11) is 1.53. The Morgan fingerprint density at radius 1 is 1.24 bits per heavy atom. The lowest BCUT2D eigenvalue weighted by molar-refractivity contribution is 0.0526. The molecule has 1 aliphatic rings. The zero-order chi connectivity index (χ0) is 21.0. The summed E-state index contributed by atoms with van der Waals surface area (Å²) in [4.78, 5) is 24.8. The van der Waals surface area contributed by atoms with Crippen molar-refractivity contribution in [2.24, 2.45) is 0 Å². The minimum Gasteiger partial charge on any atom is -0.491 e. The van der Waals surface area contributed by atoms with Crippen LogP contribution in [0.15, 0.2) is 36.4 Å². The average molecular weight is 399 g/mol. The van der Waals surface area contributed by atoms with Crippen LogP contribution in [0.1, 0.15) is 51.6 Å². The van der Waals surface area contributed by atoms with Crippen molar-refractivity contribution in [3.8, 4) is 11.5 Å². The molecule has 0 aliphatic carbocycles. The van der Waals surface area contributed by atoms with Gasteiger partial charge in [-0.1, -0.05) is 12.1 Å². The van der Waals surface area contributed by atoms with Crippen molar-refractivity contribution in [3.05, 3.63) is 58.7 Å². The van der Waals surface area contributed by atoms with E-state index in [2.05, 4.69) is 5.32 Å². The smallest absolute Gasteiger partial charge is 0.338 e. The molecule has 29 heavy (non-hydrogen) atoms. The first-order valence-corrected chi connectivity index (χ1v) is 9.57. The van der Waals surface area contributed by atoms with Crippen LogP contribution in [0, 0.1) is 0 Å². The first-order chi connectivity index (χ1) is 14.0. The van der Waals surface area contributed by atoms with Crippen molar-refractivity contribution in [2.75, 3.05) is 26.9 Å². The van der Waals surface area contributed by atoms with Crippen LogP contribution in [-0.2, 0) is 4.74 Å². The molecule has 1 heterocycles. The molecular weight excluding hydrogens is 374 g/mol. The highest BCUT2D eigenvalue weighted by Crippen LogP contribution is 2.45. The summed E-state index contributed by atoms with van der Waals surface area (Å²) in [6.07, 6.45) is -0.251. The van der Waals surface area contributed by atoms with Gasteiger partial charge < -0.3 is 24.6 Å². The number of benzene rings is 2. The molecule has 1 aliphatic heterocycles. The quantitative estimate of drug-likeness (QED) is 0.695. The Balaban J connectivity index is 2.09. The van der Waals surface area contributed by atoms with Gasteiger partial charge in [-0.15, -0.1) is 0 Å². The van der Waals surface area contributed by atoms with Gasteiger partial charge in [-0.2, -0.15) is 0 Å². The van der Waals surface area contributed by atoms with Crippen LogP contribution in [-0.4, -0.2) is 50.0 Å². The number of aliphatic hydroxyl groups is 1. The molecule has 2 aromatic rings. The van der Waals surface area contributed by atoms with E-state index in [4.69, 9.17) is 19.3 Å². The molecule has 0 spiro atoms. The molecular formula is C22H25NO6. The van der Waals surface area contributed by atoms with Gasteiger partial charge in [-0.3, -0.25) is 4.79 Å². The maximum atomic E-state index is 12.4. The van der Waals surface area contributed by atoms with Crippen LogP contribution in [0.5, 0.6) is 11.5 Å². The molecule has 0 saturated heterocycles. The molecule has 0 aromatic heterocycles. The van der Waals surface area contributed by atoms with Gasteiger partial charge in [0, 0.05) is 18.5 Å². The number of amides is 1. The van der Waals surface area contributed by atoms with E-state index < -0.39 is 5.97 Å². The predicted octanol–water partition coefficient (Wildman–Crippen LogP) is 2.51. The van der Waals surface area contributed by atoms with Crippen molar-refractivity contribution in [1.29, 1.82) is 0 Å². The number of hydrogen-bond donors (Lipinski definition) is 2. The molecule has 7 nitrogen and oxygen atoms in total. The Morgan fingerprint density at radius 3 is 2.72 bits per heavy atom. The van der Waals surface area contributed by atoms with E-state index in [9.17, 15) is 9.59 Å². The van der Waals surface area contributed by atoms with Crippen LogP contribution >= 0.6 is 0 Å². The van der Waals surface area contributed by atoms with E-state index in [1.165, 1.54) is 13.1 Å². The molecule has 154 valence electrons. The number of carbonyl (C=O) groups excluding carboxylic acids is 2. The zero-order valence-electron chi connectivity index (χ0n) is 16.7. The lowest BCUT2D eigenvalue weighted by Crippen LogP contribution is -2.20. The van der Waals surface area contributed by atoms with Gasteiger partial charge >= 0.3 is 5.97 Å². The van der Waals surface area contributed by atoms with Gasteiger partial charge in [0.15, 0.2) is 0 Å². The van der Waals surface area contributed by atoms with Crippen molar-refractivity contribution in [3.63, 3.8) is 0 Å². The van der Waals surface area contributed by atoms with E-state index in [1.807, 2.05) is 31.2 Å². The van der Waals surface area contributed by atoms with E-state index in [0.717, 1.165) is 11.1 Å². The van der Waals surface area contributed by atoms with Gasteiger partial charge in [-0.05, 0) is 43.7 Å². The predicted molar refractivity (Wildman–Crippen MR) is 107 cm³/mol. The highest BCUT2D eigenvalue weighted by Gasteiger charge is 2.37. The summed E-state index contributed by atoms with van der Waals surface area (Å²) in [6.45, 7) is 4.02. The first kappa shape index (κ1) is 20.7. The highest BCUT2D eigenvalue weighted by molar-refractivity contribution is 6.01. The lowest BCUT2D eigenvalue weighted by Gasteiger charge is -2.17. The summed E-state index contributed by atoms with van der Waals surface area (Å²) >= 11 is 0. The Morgan fingerprint density at radius 2 is 2.03 bits per heavy atom. The number of rotatable bonds is 7. The second kappa shape index (κ2) is 8.96.